The minimum absolute atomic E-state index is 0.207. The van der Waals surface area contributed by atoms with E-state index in [9.17, 15) is 12.8 Å². The van der Waals surface area contributed by atoms with E-state index >= 15 is 0 Å². The number of halogens is 1. The Balaban J connectivity index is 2.18. The molecule has 1 atom stereocenters. The highest BCUT2D eigenvalue weighted by Gasteiger charge is 2.30. The van der Waals surface area contributed by atoms with Gasteiger partial charge in [-0.15, -0.1) is 0 Å². The molecule has 5 nitrogen and oxygen atoms in total. The van der Waals surface area contributed by atoms with Crippen LogP contribution in [0, 0.1) is 11.7 Å². The molecule has 7 heteroatoms. The van der Waals surface area contributed by atoms with Gasteiger partial charge in [0.25, 0.3) is 10.0 Å². The Hall–Kier alpha value is -1.05. The van der Waals surface area contributed by atoms with Crippen LogP contribution in [0.5, 0.6) is 0 Å². The highest BCUT2D eigenvalue weighted by molar-refractivity contribution is 7.89. The van der Waals surface area contributed by atoms with Crippen LogP contribution in [0.25, 0.3) is 0 Å². The van der Waals surface area contributed by atoms with Crippen LogP contribution in [0.3, 0.4) is 0 Å². The summed E-state index contributed by atoms with van der Waals surface area (Å²) in [6.07, 6.45) is 5.33. The van der Waals surface area contributed by atoms with E-state index in [0.29, 0.717) is 0 Å². The minimum Gasteiger partial charge on any atom is -0.329 e. The fourth-order valence-electron chi connectivity index (χ4n) is 2.52. The summed E-state index contributed by atoms with van der Waals surface area (Å²) in [5, 5.41) is -0.563. The number of aromatic nitrogens is 1. The second kappa shape index (κ2) is 5.94. The summed E-state index contributed by atoms with van der Waals surface area (Å²) >= 11 is 0. The predicted octanol–water partition coefficient (Wildman–Crippen LogP) is 1.02. The summed E-state index contributed by atoms with van der Waals surface area (Å²) in [5.74, 6) is -0.622. The zero-order chi connectivity index (χ0) is 13.9. The van der Waals surface area contributed by atoms with Crippen LogP contribution >= 0.6 is 0 Å². The van der Waals surface area contributed by atoms with Gasteiger partial charge in [-0.05, 0) is 30.9 Å². The van der Waals surface area contributed by atoms with E-state index in [1.165, 1.54) is 12.3 Å². The quantitative estimate of drug-likeness (QED) is 0.846. The third-order valence-corrected chi connectivity index (χ3v) is 4.93. The van der Waals surface area contributed by atoms with Crippen LogP contribution in [-0.2, 0) is 10.0 Å². The second-order valence-electron chi connectivity index (χ2n) is 4.80. The highest BCUT2D eigenvalue weighted by atomic mass is 32.2. The first kappa shape index (κ1) is 14.4. The van der Waals surface area contributed by atoms with E-state index in [-0.39, 0.29) is 18.5 Å². The smallest absolute Gasteiger partial charge is 0.261 e. The van der Waals surface area contributed by atoms with Crippen molar-refractivity contribution in [3.8, 4) is 0 Å². The van der Waals surface area contributed by atoms with Gasteiger partial charge in [0.05, 0.1) is 0 Å². The average Bonchev–Trinajstić information content (AvgIpc) is 2.90. The largest absolute Gasteiger partial charge is 0.329 e. The first-order valence-corrected chi connectivity index (χ1v) is 7.86. The summed E-state index contributed by atoms with van der Waals surface area (Å²) in [4.78, 5) is 3.60. The van der Waals surface area contributed by atoms with Crippen molar-refractivity contribution in [2.75, 3.05) is 6.54 Å². The molecule has 1 aliphatic carbocycles. The maximum absolute atomic E-state index is 13.5. The lowest BCUT2D eigenvalue weighted by Gasteiger charge is -2.22. The van der Waals surface area contributed by atoms with Crippen LogP contribution in [0.2, 0.25) is 0 Å². The van der Waals surface area contributed by atoms with Gasteiger partial charge in [-0.2, -0.15) is 0 Å². The maximum Gasteiger partial charge on any atom is 0.261 e. The Kier molecular flexibility index (Phi) is 4.49. The van der Waals surface area contributed by atoms with Crippen molar-refractivity contribution in [3.63, 3.8) is 0 Å². The molecule has 2 rings (SSSR count). The van der Waals surface area contributed by atoms with Gasteiger partial charge >= 0.3 is 0 Å². The van der Waals surface area contributed by atoms with E-state index < -0.39 is 20.9 Å². The molecule has 3 N–H and O–H groups in total. The molecule has 0 amide bonds. The minimum atomic E-state index is -3.96. The normalized spacial score (nSPS) is 18.6. The van der Waals surface area contributed by atoms with Gasteiger partial charge in [0.15, 0.2) is 5.82 Å². The fourth-order valence-corrected chi connectivity index (χ4v) is 3.84. The molecule has 0 bridgehead atoms. The van der Waals surface area contributed by atoms with Crippen molar-refractivity contribution in [1.29, 1.82) is 0 Å². The third-order valence-electron chi connectivity index (χ3n) is 3.51. The van der Waals surface area contributed by atoms with Gasteiger partial charge in [0.1, 0.15) is 0 Å². The molecule has 1 aromatic heterocycles. The van der Waals surface area contributed by atoms with Crippen LogP contribution in [-0.4, -0.2) is 26.0 Å². The molecule has 0 aliphatic heterocycles. The molecule has 0 saturated heterocycles. The lowest BCUT2D eigenvalue weighted by atomic mass is 9.99. The van der Waals surface area contributed by atoms with Crippen molar-refractivity contribution in [1.82, 2.24) is 9.71 Å². The van der Waals surface area contributed by atoms with Crippen molar-refractivity contribution < 1.29 is 12.8 Å². The lowest BCUT2D eigenvalue weighted by Crippen LogP contribution is -2.44. The summed E-state index contributed by atoms with van der Waals surface area (Å²) < 4.78 is 40.2. The Morgan fingerprint density at radius 2 is 2.16 bits per heavy atom. The molecule has 1 aromatic rings. The highest BCUT2D eigenvalue weighted by Crippen LogP contribution is 2.28. The second-order valence-corrected chi connectivity index (χ2v) is 6.43. The summed E-state index contributed by atoms with van der Waals surface area (Å²) in [6.45, 7) is 0.207. The first-order chi connectivity index (χ1) is 9.04. The van der Waals surface area contributed by atoms with Crippen LogP contribution in [0.4, 0.5) is 4.39 Å². The molecule has 106 valence electrons. The third kappa shape index (κ3) is 3.29. The van der Waals surface area contributed by atoms with Crippen LogP contribution in [0.15, 0.2) is 23.4 Å². The van der Waals surface area contributed by atoms with Crippen LogP contribution < -0.4 is 10.5 Å². The number of nitrogens with two attached hydrogens (primary N) is 1. The van der Waals surface area contributed by atoms with Crippen molar-refractivity contribution in [3.05, 3.63) is 24.1 Å². The lowest BCUT2D eigenvalue weighted by molar-refractivity contribution is 0.404. The van der Waals surface area contributed by atoms with Crippen LogP contribution in [0.1, 0.15) is 25.7 Å². The Morgan fingerprint density at radius 3 is 2.74 bits per heavy atom. The number of sulfonamides is 1. The standard InChI is InChI=1S/C12H18FN3O2S/c13-10-6-3-7-15-12(10)19(17,18)16-11(8-14)9-4-1-2-5-9/h3,6-7,9,11,16H,1-2,4-5,8,14H2. The number of hydrogen-bond donors (Lipinski definition) is 2. The number of rotatable bonds is 5. The van der Waals surface area contributed by atoms with Crippen molar-refractivity contribution in [2.45, 2.75) is 36.8 Å². The zero-order valence-corrected chi connectivity index (χ0v) is 11.4. The SMILES string of the molecule is NCC(NS(=O)(=O)c1ncccc1F)C1CCCC1. The Labute approximate surface area is 112 Å². The monoisotopic (exact) mass is 287 g/mol. The van der Waals surface area contributed by atoms with E-state index in [1.807, 2.05) is 0 Å². The molecule has 0 spiro atoms. The van der Waals surface area contributed by atoms with E-state index in [1.54, 1.807) is 0 Å². The van der Waals surface area contributed by atoms with Gasteiger partial charge in [0.2, 0.25) is 5.03 Å². The Morgan fingerprint density at radius 1 is 1.47 bits per heavy atom. The molecule has 1 aliphatic rings. The summed E-state index contributed by atoms with van der Waals surface area (Å²) in [6, 6.07) is 2.08. The molecular formula is C12H18FN3O2S. The number of hydrogen-bond acceptors (Lipinski definition) is 4. The fraction of sp³-hybridized carbons (Fsp3) is 0.583. The van der Waals surface area contributed by atoms with Gasteiger partial charge in [-0.1, -0.05) is 12.8 Å². The zero-order valence-electron chi connectivity index (χ0n) is 10.5. The van der Waals surface area contributed by atoms with Gasteiger partial charge in [-0.3, -0.25) is 0 Å². The molecule has 0 aromatic carbocycles. The van der Waals surface area contributed by atoms with Crippen molar-refractivity contribution in [2.24, 2.45) is 11.7 Å². The molecule has 1 heterocycles. The Bertz CT molecular complexity index is 530. The number of nitrogens with zero attached hydrogens (tertiary/aromatic N) is 1. The van der Waals surface area contributed by atoms with Gasteiger partial charge in [-0.25, -0.2) is 22.5 Å². The van der Waals surface area contributed by atoms with Gasteiger partial charge < -0.3 is 5.73 Å². The molecule has 0 radical (unpaired) electrons. The molecule has 1 saturated carbocycles. The van der Waals surface area contributed by atoms with E-state index in [0.717, 1.165) is 31.7 Å². The average molecular weight is 287 g/mol. The van der Waals surface area contributed by atoms with Crippen molar-refractivity contribution >= 4 is 10.0 Å². The number of nitrogens with one attached hydrogen (secondary N) is 1. The first-order valence-electron chi connectivity index (χ1n) is 6.37. The molecule has 19 heavy (non-hydrogen) atoms. The number of pyridine rings is 1. The summed E-state index contributed by atoms with van der Waals surface area (Å²) in [7, 11) is -3.96. The maximum atomic E-state index is 13.5. The molecule has 1 fully saturated rings. The van der Waals surface area contributed by atoms with E-state index in [4.69, 9.17) is 5.73 Å². The summed E-state index contributed by atoms with van der Waals surface area (Å²) in [5.41, 5.74) is 5.63. The molecular weight excluding hydrogens is 269 g/mol. The van der Waals surface area contributed by atoms with E-state index in [2.05, 4.69) is 9.71 Å². The van der Waals surface area contributed by atoms with Gasteiger partial charge in [0, 0.05) is 18.8 Å². The topological polar surface area (TPSA) is 85.1 Å². The predicted molar refractivity (Wildman–Crippen MR) is 69.3 cm³/mol. The molecule has 1 unspecified atom stereocenters.